The third-order valence-corrected chi connectivity index (χ3v) is 5.87. The van der Waals surface area contributed by atoms with Gasteiger partial charge < -0.3 is 19.9 Å². The molecule has 29 heavy (non-hydrogen) atoms. The number of ether oxygens (including phenoxy) is 3. The molecular weight excluding hydrogens is 368 g/mol. The van der Waals surface area contributed by atoms with Gasteiger partial charge in [0.2, 0.25) is 0 Å². The number of nitriles is 3. The van der Waals surface area contributed by atoms with Crippen molar-refractivity contribution in [2.24, 2.45) is 17.1 Å². The van der Waals surface area contributed by atoms with Gasteiger partial charge in [-0.2, -0.15) is 15.8 Å². The second kappa shape index (κ2) is 7.78. The molecule has 7 nitrogen and oxygen atoms in total. The first-order chi connectivity index (χ1) is 14.0. The van der Waals surface area contributed by atoms with Gasteiger partial charge in [-0.1, -0.05) is 6.08 Å². The third-order valence-electron chi connectivity index (χ3n) is 5.87. The van der Waals surface area contributed by atoms with E-state index in [1.807, 2.05) is 6.08 Å². The van der Waals surface area contributed by atoms with Crippen molar-refractivity contribution in [1.82, 2.24) is 0 Å². The number of benzene rings is 1. The Balaban J connectivity index is 2.39. The number of hydrogen-bond acceptors (Lipinski definition) is 7. The van der Waals surface area contributed by atoms with Crippen molar-refractivity contribution in [3.05, 3.63) is 40.6 Å². The van der Waals surface area contributed by atoms with Gasteiger partial charge in [0.15, 0.2) is 16.9 Å². The van der Waals surface area contributed by atoms with E-state index in [1.54, 1.807) is 12.1 Å². The number of rotatable bonds is 4. The monoisotopic (exact) mass is 390 g/mol. The van der Waals surface area contributed by atoms with E-state index in [2.05, 4.69) is 18.2 Å². The SMILES string of the molecule is COc1cc(OC)c([C@H]2[C@H]3CCCC=C3C(C#N)=C(N)C2(C#N)C#N)cc1OC. The zero-order chi connectivity index (χ0) is 21.2. The summed E-state index contributed by atoms with van der Waals surface area (Å²) < 4.78 is 16.4. The second-order valence-corrected chi connectivity index (χ2v) is 7.06. The largest absolute Gasteiger partial charge is 0.496 e. The van der Waals surface area contributed by atoms with Crippen LogP contribution in [0.5, 0.6) is 17.2 Å². The van der Waals surface area contributed by atoms with Crippen molar-refractivity contribution < 1.29 is 14.2 Å². The van der Waals surface area contributed by atoms with E-state index >= 15 is 0 Å². The molecule has 2 aliphatic rings. The molecule has 0 radical (unpaired) electrons. The Hall–Kier alpha value is -3.63. The van der Waals surface area contributed by atoms with Crippen LogP contribution in [0.15, 0.2) is 35.1 Å². The van der Waals surface area contributed by atoms with Crippen molar-refractivity contribution >= 4 is 0 Å². The molecule has 148 valence electrons. The van der Waals surface area contributed by atoms with Gasteiger partial charge in [0.05, 0.1) is 44.7 Å². The molecule has 2 aliphatic carbocycles. The topological polar surface area (TPSA) is 125 Å². The molecule has 0 saturated heterocycles. The highest BCUT2D eigenvalue weighted by molar-refractivity contribution is 5.62. The molecule has 2 atom stereocenters. The van der Waals surface area contributed by atoms with Gasteiger partial charge in [-0.3, -0.25) is 0 Å². The minimum atomic E-state index is -1.70. The van der Waals surface area contributed by atoms with Gasteiger partial charge in [-0.15, -0.1) is 0 Å². The molecule has 1 aromatic carbocycles. The lowest BCUT2D eigenvalue weighted by Gasteiger charge is -2.43. The van der Waals surface area contributed by atoms with Gasteiger partial charge in [0.25, 0.3) is 0 Å². The third kappa shape index (κ3) is 2.85. The molecule has 0 fully saturated rings. The van der Waals surface area contributed by atoms with Crippen LogP contribution < -0.4 is 19.9 Å². The number of allylic oxidation sites excluding steroid dienone is 4. The average molecular weight is 390 g/mol. The van der Waals surface area contributed by atoms with Crippen molar-refractivity contribution in [2.75, 3.05) is 21.3 Å². The molecule has 0 saturated carbocycles. The van der Waals surface area contributed by atoms with Crippen LogP contribution in [-0.4, -0.2) is 21.3 Å². The average Bonchev–Trinajstić information content (AvgIpc) is 2.77. The number of fused-ring (bicyclic) bond motifs is 1. The standard InChI is InChI=1S/C22H22N4O3/c1-27-17-9-19(29-3)18(28-2)8-15(17)20-14-7-5-4-6-13(14)16(10-23)21(26)22(20,11-24)12-25/h6,8-9,14,20H,4-5,7,26H2,1-3H3/t14-,20+/m0/s1. The normalized spacial score (nSPS) is 22.3. The minimum absolute atomic E-state index is 0.00348. The molecule has 0 spiro atoms. The van der Waals surface area contributed by atoms with Gasteiger partial charge in [0.1, 0.15) is 11.8 Å². The van der Waals surface area contributed by atoms with Crippen LogP contribution >= 0.6 is 0 Å². The Morgan fingerprint density at radius 2 is 1.62 bits per heavy atom. The maximum absolute atomic E-state index is 10.1. The van der Waals surface area contributed by atoms with E-state index in [-0.39, 0.29) is 17.2 Å². The van der Waals surface area contributed by atoms with Crippen LogP contribution in [0.2, 0.25) is 0 Å². The Morgan fingerprint density at radius 3 is 2.17 bits per heavy atom. The summed E-state index contributed by atoms with van der Waals surface area (Å²) in [7, 11) is 4.56. The summed E-state index contributed by atoms with van der Waals surface area (Å²) in [6, 6.07) is 9.81. The summed E-state index contributed by atoms with van der Waals surface area (Å²) in [5, 5.41) is 30.0. The van der Waals surface area contributed by atoms with Crippen LogP contribution in [0.4, 0.5) is 0 Å². The van der Waals surface area contributed by atoms with Crippen molar-refractivity contribution in [2.45, 2.75) is 25.2 Å². The van der Waals surface area contributed by atoms with Crippen LogP contribution in [0, 0.1) is 45.3 Å². The lowest BCUT2D eigenvalue weighted by molar-refractivity contribution is 0.300. The molecule has 0 aliphatic heterocycles. The first-order valence-corrected chi connectivity index (χ1v) is 9.26. The van der Waals surface area contributed by atoms with Crippen molar-refractivity contribution in [1.29, 1.82) is 15.8 Å². The number of nitrogens with two attached hydrogens (primary N) is 1. The predicted octanol–water partition coefficient (Wildman–Crippen LogP) is 3.31. The Morgan fingerprint density at radius 1 is 1.00 bits per heavy atom. The maximum Gasteiger partial charge on any atom is 0.191 e. The second-order valence-electron chi connectivity index (χ2n) is 7.06. The van der Waals surface area contributed by atoms with Crippen LogP contribution in [0.25, 0.3) is 0 Å². The van der Waals surface area contributed by atoms with Crippen molar-refractivity contribution in [3.8, 4) is 35.5 Å². The summed E-state index contributed by atoms with van der Waals surface area (Å²) in [6.07, 6.45) is 4.45. The Labute approximate surface area is 170 Å². The van der Waals surface area contributed by atoms with E-state index in [0.717, 1.165) is 24.8 Å². The van der Waals surface area contributed by atoms with Gasteiger partial charge >= 0.3 is 0 Å². The summed E-state index contributed by atoms with van der Waals surface area (Å²) in [6.45, 7) is 0. The highest BCUT2D eigenvalue weighted by Gasteiger charge is 2.54. The fourth-order valence-corrected chi connectivity index (χ4v) is 4.51. The van der Waals surface area contributed by atoms with E-state index in [4.69, 9.17) is 19.9 Å². The fourth-order valence-electron chi connectivity index (χ4n) is 4.51. The highest BCUT2D eigenvalue weighted by Crippen LogP contribution is 2.58. The molecular formula is C22H22N4O3. The van der Waals surface area contributed by atoms with E-state index in [1.165, 1.54) is 21.3 Å². The number of methoxy groups -OCH3 is 3. The molecule has 0 bridgehead atoms. The molecule has 7 heteroatoms. The van der Waals surface area contributed by atoms with Gasteiger partial charge in [-0.25, -0.2) is 0 Å². The van der Waals surface area contributed by atoms with Gasteiger partial charge in [0, 0.05) is 17.5 Å². The minimum Gasteiger partial charge on any atom is -0.496 e. The lowest BCUT2D eigenvalue weighted by Crippen LogP contribution is -2.42. The van der Waals surface area contributed by atoms with Gasteiger partial charge in [-0.05, 0) is 36.8 Å². The fraction of sp³-hybridized carbons (Fsp3) is 0.409. The van der Waals surface area contributed by atoms with E-state index < -0.39 is 11.3 Å². The molecule has 0 unspecified atom stereocenters. The molecule has 0 heterocycles. The first kappa shape index (κ1) is 20.1. The van der Waals surface area contributed by atoms with Crippen LogP contribution in [0.1, 0.15) is 30.7 Å². The number of nitrogens with zero attached hydrogens (tertiary/aromatic N) is 3. The Kier molecular flexibility index (Phi) is 5.39. The quantitative estimate of drug-likeness (QED) is 0.836. The molecule has 0 amide bonds. The zero-order valence-corrected chi connectivity index (χ0v) is 16.7. The smallest absolute Gasteiger partial charge is 0.191 e. The molecule has 3 rings (SSSR count). The van der Waals surface area contributed by atoms with Crippen LogP contribution in [-0.2, 0) is 0 Å². The lowest BCUT2D eigenvalue weighted by atomic mass is 9.56. The summed E-state index contributed by atoms with van der Waals surface area (Å²) in [5.74, 6) is 0.584. The Bertz CT molecular complexity index is 1010. The summed E-state index contributed by atoms with van der Waals surface area (Å²) >= 11 is 0. The predicted molar refractivity (Wildman–Crippen MR) is 105 cm³/mol. The molecule has 1 aromatic rings. The highest BCUT2D eigenvalue weighted by atomic mass is 16.5. The summed E-state index contributed by atoms with van der Waals surface area (Å²) in [4.78, 5) is 0. The molecule has 0 aromatic heterocycles. The van der Waals surface area contributed by atoms with E-state index in [0.29, 0.717) is 22.8 Å². The van der Waals surface area contributed by atoms with Crippen LogP contribution in [0.3, 0.4) is 0 Å². The summed E-state index contributed by atoms with van der Waals surface area (Å²) in [5.41, 5.74) is 6.30. The maximum atomic E-state index is 10.1. The zero-order valence-electron chi connectivity index (χ0n) is 16.7. The van der Waals surface area contributed by atoms with E-state index in [9.17, 15) is 15.8 Å². The number of hydrogen-bond donors (Lipinski definition) is 1. The van der Waals surface area contributed by atoms with Crippen molar-refractivity contribution in [3.63, 3.8) is 0 Å². The molecule has 2 N–H and O–H groups in total. The first-order valence-electron chi connectivity index (χ1n) is 9.26.